The van der Waals surface area contributed by atoms with Crippen molar-refractivity contribution in [3.8, 4) is 0 Å². The predicted octanol–water partition coefficient (Wildman–Crippen LogP) is 3.59. The molecule has 2 aromatic carbocycles. The van der Waals surface area contributed by atoms with E-state index in [1.165, 1.54) is 26.0 Å². The summed E-state index contributed by atoms with van der Waals surface area (Å²) in [6.45, 7) is 3.43. The minimum atomic E-state index is -1.15. The molecule has 0 aromatic heterocycles. The average Bonchev–Trinajstić information content (AvgIpc) is 3.10. The van der Waals surface area contributed by atoms with E-state index in [0.29, 0.717) is 18.5 Å². The molecule has 0 unspecified atom stereocenters. The highest BCUT2D eigenvalue weighted by atomic mass is 35.5. The third-order valence-electron chi connectivity index (χ3n) is 4.67. The second-order valence-electron chi connectivity index (χ2n) is 6.59. The van der Waals surface area contributed by atoms with E-state index in [4.69, 9.17) is 16.3 Å². The van der Waals surface area contributed by atoms with Gasteiger partial charge in [-0.25, -0.2) is 4.79 Å². The molecule has 8 nitrogen and oxygen atoms in total. The van der Waals surface area contributed by atoms with Gasteiger partial charge in [0.2, 0.25) is 11.7 Å². The van der Waals surface area contributed by atoms with Crippen molar-refractivity contribution in [3.63, 3.8) is 0 Å². The highest BCUT2D eigenvalue weighted by Crippen LogP contribution is 2.30. The summed E-state index contributed by atoms with van der Waals surface area (Å²) in [6, 6.07) is 8.50. The monoisotopic (exact) mass is 416 g/mol. The van der Waals surface area contributed by atoms with Crippen molar-refractivity contribution in [1.82, 2.24) is 0 Å². The van der Waals surface area contributed by atoms with Gasteiger partial charge in [0, 0.05) is 35.8 Å². The lowest BCUT2D eigenvalue weighted by Gasteiger charge is -2.16. The van der Waals surface area contributed by atoms with E-state index in [0.717, 1.165) is 17.3 Å². The van der Waals surface area contributed by atoms with Crippen LogP contribution in [-0.2, 0) is 16.0 Å². The summed E-state index contributed by atoms with van der Waals surface area (Å²) in [5, 5.41) is 11.3. The maximum atomic E-state index is 12.7. The highest BCUT2D eigenvalue weighted by molar-refractivity contribution is 6.31. The average molecular weight is 417 g/mol. The summed E-state index contributed by atoms with van der Waals surface area (Å²) in [7, 11) is 0. The first-order valence-electron chi connectivity index (χ1n) is 8.79. The zero-order chi connectivity index (χ0) is 21.3. The molecule has 0 spiro atoms. The van der Waals surface area contributed by atoms with Gasteiger partial charge in [-0.2, -0.15) is 0 Å². The summed E-state index contributed by atoms with van der Waals surface area (Å²) >= 11 is 5.74. The number of rotatable bonds is 5. The highest BCUT2D eigenvalue weighted by Gasteiger charge is 2.28. The number of Topliss-reactive ketones (excluding diaryl/α,β-unsaturated/α-hetero) is 1. The first kappa shape index (κ1) is 20.5. The molecule has 29 heavy (non-hydrogen) atoms. The lowest BCUT2D eigenvalue weighted by molar-refractivity contribution is -0.385. The molecule has 0 saturated carbocycles. The molecule has 0 radical (unpaired) electrons. The first-order valence-corrected chi connectivity index (χ1v) is 9.17. The van der Waals surface area contributed by atoms with Crippen molar-refractivity contribution in [1.29, 1.82) is 0 Å². The maximum Gasteiger partial charge on any atom is 0.345 e. The zero-order valence-corrected chi connectivity index (χ0v) is 16.4. The number of ether oxygens (including phenoxy) is 1. The number of halogens is 1. The molecule has 0 fully saturated rings. The fourth-order valence-corrected chi connectivity index (χ4v) is 3.39. The van der Waals surface area contributed by atoms with E-state index in [1.54, 1.807) is 23.1 Å². The number of ketones is 1. The van der Waals surface area contributed by atoms with Gasteiger partial charge in [0.25, 0.3) is 5.69 Å². The van der Waals surface area contributed by atoms with Gasteiger partial charge in [-0.1, -0.05) is 11.6 Å². The van der Waals surface area contributed by atoms with Gasteiger partial charge in [-0.15, -0.1) is 0 Å². The Hall–Kier alpha value is -3.26. The van der Waals surface area contributed by atoms with Crippen LogP contribution in [-0.4, -0.2) is 35.2 Å². The van der Waals surface area contributed by atoms with Gasteiger partial charge in [0.15, 0.2) is 6.10 Å². The molecule has 1 amide bonds. The van der Waals surface area contributed by atoms with Crippen molar-refractivity contribution < 1.29 is 24.0 Å². The third-order valence-corrected chi connectivity index (χ3v) is 4.90. The largest absolute Gasteiger partial charge is 0.450 e. The summed E-state index contributed by atoms with van der Waals surface area (Å²) in [5.41, 5.74) is 1.17. The Bertz CT molecular complexity index is 1040. The Morgan fingerprint density at radius 1 is 1.21 bits per heavy atom. The Labute approximate surface area is 171 Å². The number of hydrogen-bond acceptors (Lipinski definition) is 6. The van der Waals surface area contributed by atoms with Crippen molar-refractivity contribution in [2.45, 2.75) is 26.4 Å². The van der Waals surface area contributed by atoms with Crippen LogP contribution in [0.2, 0.25) is 5.02 Å². The van der Waals surface area contributed by atoms with Crippen LogP contribution in [0.3, 0.4) is 0 Å². The molecule has 3 rings (SSSR count). The topological polar surface area (TPSA) is 107 Å². The number of carbonyl (C=O) groups is 3. The summed E-state index contributed by atoms with van der Waals surface area (Å²) in [4.78, 5) is 48.7. The maximum absolute atomic E-state index is 12.7. The van der Waals surface area contributed by atoms with Crippen molar-refractivity contribution >= 4 is 40.6 Å². The third kappa shape index (κ3) is 4.12. The Balaban J connectivity index is 1.77. The van der Waals surface area contributed by atoms with Crippen LogP contribution in [0.25, 0.3) is 0 Å². The van der Waals surface area contributed by atoms with Crippen LogP contribution in [0.5, 0.6) is 0 Å². The van der Waals surface area contributed by atoms with E-state index in [1.807, 2.05) is 0 Å². The summed E-state index contributed by atoms with van der Waals surface area (Å²) in [6.07, 6.45) is -0.526. The molecular weight excluding hydrogens is 400 g/mol. The molecule has 1 heterocycles. The number of anilines is 1. The minimum Gasteiger partial charge on any atom is -0.450 e. The number of nitro groups is 1. The molecule has 1 atom stereocenters. The second-order valence-corrected chi connectivity index (χ2v) is 7.03. The summed E-state index contributed by atoms with van der Waals surface area (Å²) < 4.78 is 5.16. The van der Waals surface area contributed by atoms with E-state index in [2.05, 4.69) is 0 Å². The Kier molecular flexibility index (Phi) is 5.65. The summed E-state index contributed by atoms with van der Waals surface area (Å²) in [5.74, 6) is -1.51. The smallest absolute Gasteiger partial charge is 0.345 e. The molecule has 0 saturated heterocycles. The van der Waals surface area contributed by atoms with Crippen molar-refractivity contribution in [3.05, 3.63) is 68.2 Å². The Morgan fingerprint density at radius 3 is 2.59 bits per heavy atom. The standard InChI is InChI=1S/C20H17ClN2O6/c1-11(29-20(26)16-5-4-15(21)10-18(16)23(27)28)19(25)14-3-6-17-13(9-14)7-8-22(17)12(2)24/h3-6,9-11H,7-8H2,1-2H3/t11-/m1/s1. The van der Waals surface area contributed by atoms with Gasteiger partial charge in [-0.05, 0) is 49.2 Å². The van der Waals surface area contributed by atoms with Crippen LogP contribution in [0, 0.1) is 10.1 Å². The second kappa shape index (κ2) is 8.00. The molecule has 9 heteroatoms. The van der Waals surface area contributed by atoms with E-state index in [-0.39, 0.29) is 16.5 Å². The quantitative estimate of drug-likeness (QED) is 0.319. The molecule has 0 bridgehead atoms. The van der Waals surface area contributed by atoms with Gasteiger partial charge < -0.3 is 9.64 Å². The van der Waals surface area contributed by atoms with Crippen LogP contribution in [0.4, 0.5) is 11.4 Å². The van der Waals surface area contributed by atoms with E-state index < -0.39 is 28.5 Å². The Morgan fingerprint density at radius 2 is 1.93 bits per heavy atom. The molecule has 2 aromatic rings. The molecular formula is C20H17ClN2O6. The molecule has 0 N–H and O–H groups in total. The van der Waals surface area contributed by atoms with Crippen molar-refractivity contribution in [2.24, 2.45) is 0 Å². The lowest BCUT2D eigenvalue weighted by Crippen LogP contribution is -2.26. The van der Waals surface area contributed by atoms with Gasteiger partial charge in [0.1, 0.15) is 5.56 Å². The van der Waals surface area contributed by atoms with E-state index >= 15 is 0 Å². The molecule has 0 aliphatic carbocycles. The molecule has 1 aliphatic rings. The number of fused-ring (bicyclic) bond motifs is 1. The van der Waals surface area contributed by atoms with Crippen molar-refractivity contribution in [2.75, 3.05) is 11.4 Å². The van der Waals surface area contributed by atoms with Crippen LogP contribution in [0.15, 0.2) is 36.4 Å². The fraction of sp³-hybridized carbons (Fsp3) is 0.250. The van der Waals surface area contributed by atoms with Gasteiger partial charge in [-0.3, -0.25) is 19.7 Å². The van der Waals surface area contributed by atoms with Gasteiger partial charge >= 0.3 is 5.97 Å². The number of nitrogens with zero attached hydrogens (tertiary/aromatic N) is 2. The lowest BCUT2D eigenvalue weighted by atomic mass is 10.0. The number of hydrogen-bond donors (Lipinski definition) is 0. The normalized spacial score (nSPS) is 13.6. The minimum absolute atomic E-state index is 0.0744. The number of carbonyl (C=O) groups excluding carboxylic acids is 3. The van der Waals surface area contributed by atoms with E-state index in [9.17, 15) is 24.5 Å². The van der Waals surface area contributed by atoms with Crippen LogP contribution >= 0.6 is 11.6 Å². The molecule has 1 aliphatic heterocycles. The van der Waals surface area contributed by atoms with Gasteiger partial charge in [0.05, 0.1) is 4.92 Å². The number of amides is 1. The SMILES string of the molecule is CC(=O)N1CCc2cc(C(=O)[C@@H](C)OC(=O)c3ccc(Cl)cc3[N+](=O)[O-])ccc21. The fourth-order valence-electron chi connectivity index (χ4n) is 3.22. The van der Waals surface area contributed by atoms with Crippen LogP contribution in [0.1, 0.15) is 40.1 Å². The number of benzene rings is 2. The predicted molar refractivity (Wildman–Crippen MR) is 105 cm³/mol. The number of nitro benzene ring substituents is 1. The number of esters is 1. The van der Waals surface area contributed by atoms with Crippen LogP contribution < -0.4 is 4.90 Å². The first-order chi connectivity index (χ1) is 13.7. The molecule has 150 valence electrons. The zero-order valence-electron chi connectivity index (χ0n) is 15.7.